The minimum Gasteiger partial charge on any atom is -0.336 e. The van der Waals surface area contributed by atoms with Crippen LogP contribution in [0.15, 0.2) is 0 Å². The Morgan fingerprint density at radius 3 is 2.25 bits per heavy atom. The van der Waals surface area contributed by atoms with Crippen LogP contribution in [-0.2, 0) is 0 Å². The summed E-state index contributed by atoms with van der Waals surface area (Å²) in [5.74, 6) is 0. The van der Waals surface area contributed by atoms with E-state index < -0.39 is 0 Å². The number of carbonyl (C=O) groups excluding carboxylic acids is 2. The van der Waals surface area contributed by atoms with E-state index in [1.54, 1.807) is 4.90 Å². The summed E-state index contributed by atoms with van der Waals surface area (Å²) < 4.78 is 0. The van der Waals surface area contributed by atoms with Crippen molar-refractivity contribution in [3.05, 3.63) is 0 Å². The molecule has 2 rings (SSSR count). The highest BCUT2D eigenvalue weighted by atomic mass is 16.2. The molecule has 2 saturated heterocycles. The van der Waals surface area contributed by atoms with Gasteiger partial charge < -0.3 is 25.8 Å². The number of rotatable bonds is 8. The molecule has 2 aliphatic rings. The van der Waals surface area contributed by atoms with Gasteiger partial charge in [0.15, 0.2) is 0 Å². The van der Waals surface area contributed by atoms with Gasteiger partial charge in [-0.1, -0.05) is 6.42 Å². The third-order valence-corrected chi connectivity index (χ3v) is 3.90. The zero-order valence-corrected chi connectivity index (χ0v) is 12.0. The standard InChI is InChI=1S/C13H25N5O2/c14-4-2-1-3-6-17-10-11-18(13(17)20)9-8-16-7-5-15-12(16)19/h1-11,14H2,(H,15,19). The summed E-state index contributed by atoms with van der Waals surface area (Å²) in [7, 11) is 0. The number of amides is 4. The number of nitrogens with two attached hydrogens (primary N) is 1. The lowest BCUT2D eigenvalue weighted by Crippen LogP contribution is -2.39. The molecular formula is C13H25N5O2. The third-order valence-electron chi connectivity index (χ3n) is 3.90. The largest absolute Gasteiger partial charge is 0.336 e. The lowest BCUT2D eigenvalue weighted by Gasteiger charge is -2.21. The van der Waals surface area contributed by atoms with Gasteiger partial charge in [0.05, 0.1) is 0 Å². The Morgan fingerprint density at radius 2 is 1.60 bits per heavy atom. The molecule has 7 nitrogen and oxygen atoms in total. The van der Waals surface area contributed by atoms with Crippen LogP contribution in [0.5, 0.6) is 0 Å². The number of nitrogens with zero attached hydrogens (tertiary/aromatic N) is 3. The molecule has 0 atom stereocenters. The van der Waals surface area contributed by atoms with Crippen molar-refractivity contribution in [2.75, 3.05) is 52.4 Å². The van der Waals surface area contributed by atoms with Crippen LogP contribution in [0.3, 0.4) is 0 Å². The van der Waals surface area contributed by atoms with Crippen molar-refractivity contribution in [1.29, 1.82) is 0 Å². The van der Waals surface area contributed by atoms with E-state index in [-0.39, 0.29) is 12.1 Å². The van der Waals surface area contributed by atoms with E-state index in [2.05, 4.69) is 5.32 Å². The van der Waals surface area contributed by atoms with Gasteiger partial charge in [-0.25, -0.2) is 9.59 Å². The first kappa shape index (κ1) is 14.9. The molecule has 114 valence electrons. The van der Waals surface area contributed by atoms with Crippen molar-refractivity contribution >= 4 is 12.1 Å². The van der Waals surface area contributed by atoms with Crippen molar-refractivity contribution in [3.63, 3.8) is 0 Å². The number of hydrogen-bond acceptors (Lipinski definition) is 3. The summed E-state index contributed by atoms with van der Waals surface area (Å²) in [6.07, 6.45) is 3.12. The quantitative estimate of drug-likeness (QED) is 0.609. The van der Waals surface area contributed by atoms with E-state index in [1.165, 1.54) is 0 Å². The molecule has 3 N–H and O–H groups in total. The second-order valence-corrected chi connectivity index (χ2v) is 5.32. The van der Waals surface area contributed by atoms with Gasteiger partial charge in [-0.2, -0.15) is 0 Å². The van der Waals surface area contributed by atoms with Crippen LogP contribution in [-0.4, -0.2) is 79.1 Å². The molecule has 2 heterocycles. The molecule has 0 aromatic heterocycles. The van der Waals surface area contributed by atoms with Crippen molar-refractivity contribution in [2.24, 2.45) is 5.73 Å². The number of nitrogens with one attached hydrogen (secondary N) is 1. The van der Waals surface area contributed by atoms with Gasteiger partial charge in [-0.15, -0.1) is 0 Å². The molecule has 0 aromatic rings. The molecule has 0 saturated carbocycles. The third kappa shape index (κ3) is 3.75. The highest BCUT2D eigenvalue weighted by Crippen LogP contribution is 2.10. The highest BCUT2D eigenvalue weighted by molar-refractivity contribution is 5.77. The molecule has 0 aliphatic carbocycles. The first-order valence-corrected chi connectivity index (χ1v) is 7.49. The number of urea groups is 2. The lowest BCUT2D eigenvalue weighted by atomic mass is 10.2. The minimum atomic E-state index is -0.0183. The van der Waals surface area contributed by atoms with Gasteiger partial charge in [0.1, 0.15) is 0 Å². The van der Waals surface area contributed by atoms with Gasteiger partial charge in [-0.05, 0) is 19.4 Å². The summed E-state index contributed by atoms with van der Waals surface area (Å²) in [5.41, 5.74) is 5.46. The molecule has 2 fully saturated rings. The Kier molecular flexibility index (Phi) is 5.46. The fourth-order valence-corrected chi connectivity index (χ4v) is 2.64. The molecule has 2 aliphatic heterocycles. The smallest absolute Gasteiger partial charge is 0.320 e. The summed E-state index contributed by atoms with van der Waals surface area (Å²) in [6.45, 7) is 5.81. The van der Waals surface area contributed by atoms with Crippen LogP contribution < -0.4 is 11.1 Å². The highest BCUT2D eigenvalue weighted by Gasteiger charge is 2.29. The fraction of sp³-hybridized carbons (Fsp3) is 0.846. The predicted octanol–water partition coefficient (Wildman–Crippen LogP) is -0.122. The van der Waals surface area contributed by atoms with Gasteiger partial charge in [0, 0.05) is 45.8 Å². The Hall–Kier alpha value is -1.50. The summed E-state index contributed by atoms with van der Waals surface area (Å²) >= 11 is 0. The first-order chi connectivity index (χ1) is 9.72. The average molecular weight is 283 g/mol. The molecule has 0 bridgehead atoms. The summed E-state index contributed by atoms with van der Waals surface area (Å²) in [5, 5.41) is 2.77. The number of hydrogen-bond donors (Lipinski definition) is 2. The molecule has 4 amide bonds. The topological polar surface area (TPSA) is 81.9 Å². The van der Waals surface area contributed by atoms with Crippen molar-refractivity contribution < 1.29 is 9.59 Å². The van der Waals surface area contributed by atoms with E-state index in [0.717, 1.165) is 52.0 Å². The van der Waals surface area contributed by atoms with Crippen molar-refractivity contribution in [1.82, 2.24) is 20.0 Å². The van der Waals surface area contributed by atoms with E-state index in [9.17, 15) is 9.59 Å². The average Bonchev–Trinajstić information content (AvgIpc) is 3.00. The first-order valence-electron chi connectivity index (χ1n) is 7.49. The maximum absolute atomic E-state index is 12.2. The molecular weight excluding hydrogens is 258 g/mol. The predicted molar refractivity (Wildman–Crippen MR) is 76.4 cm³/mol. The van der Waals surface area contributed by atoms with Crippen LogP contribution in [0, 0.1) is 0 Å². The van der Waals surface area contributed by atoms with Crippen LogP contribution in [0.4, 0.5) is 9.59 Å². The van der Waals surface area contributed by atoms with Crippen LogP contribution in [0.25, 0.3) is 0 Å². The number of carbonyl (C=O) groups is 2. The lowest BCUT2D eigenvalue weighted by molar-refractivity contribution is 0.183. The van der Waals surface area contributed by atoms with E-state index in [1.807, 2.05) is 9.80 Å². The van der Waals surface area contributed by atoms with E-state index in [0.29, 0.717) is 19.6 Å². The maximum atomic E-state index is 12.2. The summed E-state index contributed by atoms with van der Waals surface area (Å²) in [4.78, 5) is 29.1. The second kappa shape index (κ2) is 7.33. The Labute approximate surface area is 120 Å². The Morgan fingerprint density at radius 1 is 0.900 bits per heavy atom. The van der Waals surface area contributed by atoms with Gasteiger partial charge in [-0.3, -0.25) is 0 Å². The molecule has 0 spiro atoms. The van der Waals surface area contributed by atoms with E-state index in [4.69, 9.17) is 5.73 Å². The number of unbranched alkanes of at least 4 members (excludes halogenated alkanes) is 2. The van der Waals surface area contributed by atoms with Crippen molar-refractivity contribution in [2.45, 2.75) is 19.3 Å². The van der Waals surface area contributed by atoms with Crippen LogP contribution in [0.2, 0.25) is 0 Å². The SMILES string of the molecule is NCCCCCN1CCN(CCN2CCNC2=O)C1=O. The normalized spacial score (nSPS) is 19.1. The zero-order valence-electron chi connectivity index (χ0n) is 12.0. The van der Waals surface area contributed by atoms with Crippen molar-refractivity contribution in [3.8, 4) is 0 Å². The molecule has 0 radical (unpaired) electrons. The van der Waals surface area contributed by atoms with Gasteiger partial charge in [0.2, 0.25) is 0 Å². The monoisotopic (exact) mass is 283 g/mol. The molecule has 20 heavy (non-hydrogen) atoms. The maximum Gasteiger partial charge on any atom is 0.320 e. The minimum absolute atomic E-state index is 0.0183. The fourth-order valence-electron chi connectivity index (χ4n) is 2.64. The molecule has 7 heteroatoms. The Bertz CT molecular complexity index is 350. The molecule has 0 aromatic carbocycles. The van der Waals surface area contributed by atoms with Crippen LogP contribution >= 0.6 is 0 Å². The Balaban J connectivity index is 1.66. The summed E-state index contributed by atoms with van der Waals surface area (Å²) in [6, 6.07) is 0.0904. The van der Waals surface area contributed by atoms with Gasteiger partial charge in [0.25, 0.3) is 0 Å². The molecule has 0 unspecified atom stereocenters. The van der Waals surface area contributed by atoms with Gasteiger partial charge >= 0.3 is 12.1 Å². The second-order valence-electron chi connectivity index (χ2n) is 5.32. The van der Waals surface area contributed by atoms with E-state index >= 15 is 0 Å². The van der Waals surface area contributed by atoms with Crippen LogP contribution in [0.1, 0.15) is 19.3 Å². The zero-order chi connectivity index (χ0) is 14.4.